The molecular weight excluding hydrogens is 405 g/mol. The van der Waals surface area contributed by atoms with Crippen LogP contribution in [0, 0.1) is 13.7 Å². The first-order valence-corrected chi connectivity index (χ1v) is 7.57. The number of H-pyrrole nitrogens is 1. The van der Waals surface area contributed by atoms with E-state index in [2.05, 4.69) is 9.97 Å². The van der Waals surface area contributed by atoms with Crippen molar-refractivity contribution in [2.24, 2.45) is 0 Å². The molecule has 8 nitrogen and oxygen atoms in total. The van der Waals surface area contributed by atoms with Gasteiger partial charge in [-0.25, -0.2) is 9.78 Å². The Kier molecular flexibility index (Phi) is 5.06. The number of unbranched alkanes of at least 4 members (excludes halogenated alkanes) is 1. The normalized spacial score (nSPS) is 10.6. The summed E-state index contributed by atoms with van der Waals surface area (Å²) in [5.41, 5.74) is -0.741. The molecule has 1 heterocycles. The number of halogens is 1. The summed E-state index contributed by atoms with van der Waals surface area (Å²) in [5.74, 6) is -0.835. The molecule has 0 spiro atoms. The third-order valence-corrected chi connectivity index (χ3v) is 3.75. The molecule has 2 aromatic rings. The van der Waals surface area contributed by atoms with E-state index >= 15 is 0 Å². The third kappa shape index (κ3) is 3.40. The molecule has 0 atom stereocenters. The second-order valence-corrected chi connectivity index (χ2v) is 5.64. The molecule has 0 bridgehead atoms. The van der Waals surface area contributed by atoms with Crippen LogP contribution in [0.5, 0.6) is 0 Å². The summed E-state index contributed by atoms with van der Waals surface area (Å²) in [6.45, 7) is 2.14. The fourth-order valence-corrected chi connectivity index (χ4v) is 2.42. The predicted molar refractivity (Wildman–Crippen MR) is 86.9 cm³/mol. The van der Waals surface area contributed by atoms with E-state index < -0.39 is 22.1 Å². The molecule has 22 heavy (non-hydrogen) atoms. The molecule has 0 saturated heterocycles. The maximum atomic E-state index is 11.9. The third-order valence-electron chi connectivity index (χ3n) is 2.88. The topological polar surface area (TPSA) is 115 Å². The number of benzene rings is 1. The van der Waals surface area contributed by atoms with Gasteiger partial charge in [0.1, 0.15) is 0 Å². The van der Waals surface area contributed by atoms with Gasteiger partial charge in [0.2, 0.25) is 5.69 Å². The lowest BCUT2D eigenvalue weighted by Gasteiger charge is -2.04. The summed E-state index contributed by atoms with van der Waals surface area (Å²) in [6, 6.07) is 2.66. The van der Waals surface area contributed by atoms with Gasteiger partial charge in [0.25, 0.3) is 11.2 Å². The first-order valence-electron chi connectivity index (χ1n) is 6.49. The number of fused-ring (bicyclic) bond motifs is 1. The molecular formula is C13H12IN3O5. The highest BCUT2D eigenvalue weighted by Gasteiger charge is 2.19. The van der Waals surface area contributed by atoms with Crippen LogP contribution < -0.4 is 5.56 Å². The summed E-state index contributed by atoms with van der Waals surface area (Å²) in [7, 11) is 0. The zero-order valence-electron chi connectivity index (χ0n) is 11.6. The number of hydrogen-bond donors (Lipinski definition) is 1. The fraction of sp³-hybridized carbons (Fsp3) is 0.308. The summed E-state index contributed by atoms with van der Waals surface area (Å²) in [4.78, 5) is 40.5. The van der Waals surface area contributed by atoms with Crippen LogP contribution in [0.1, 0.15) is 30.3 Å². The fourth-order valence-electron chi connectivity index (χ4n) is 1.75. The van der Waals surface area contributed by atoms with Gasteiger partial charge in [-0.2, -0.15) is 0 Å². The number of esters is 1. The number of nitro groups is 1. The summed E-state index contributed by atoms with van der Waals surface area (Å²) >= 11 is 1.80. The van der Waals surface area contributed by atoms with Crippen LogP contribution in [0.15, 0.2) is 16.9 Å². The lowest BCUT2D eigenvalue weighted by molar-refractivity contribution is -0.385. The number of nitrogens with zero attached hydrogens (tertiary/aromatic N) is 2. The number of hydrogen-bond acceptors (Lipinski definition) is 6. The second kappa shape index (κ2) is 6.81. The zero-order chi connectivity index (χ0) is 16.3. The van der Waals surface area contributed by atoms with Crippen molar-refractivity contribution in [1.82, 2.24) is 9.97 Å². The van der Waals surface area contributed by atoms with Gasteiger partial charge in [0, 0.05) is 6.07 Å². The van der Waals surface area contributed by atoms with Gasteiger partial charge < -0.3 is 9.72 Å². The molecule has 0 fully saturated rings. The first kappa shape index (κ1) is 16.3. The number of nitro benzene ring substituents is 1. The number of ether oxygens (including phenoxy) is 1. The van der Waals surface area contributed by atoms with Crippen molar-refractivity contribution in [2.75, 3.05) is 6.61 Å². The van der Waals surface area contributed by atoms with Gasteiger partial charge in [-0.05, 0) is 35.1 Å². The van der Waals surface area contributed by atoms with Gasteiger partial charge in [-0.3, -0.25) is 14.9 Å². The van der Waals surface area contributed by atoms with Crippen molar-refractivity contribution in [2.45, 2.75) is 19.8 Å². The summed E-state index contributed by atoms with van der Waals surface area (Å²) in [6.07, 6.45) is 1.53. The maximum Gasteiger partial charge on any atom is 0.362 e. The first-order chi connectivity index (χ1) is 10.4. The van der Waals surface area contributed by atoms with E-state index in [0.717, 1.165) is 6.42 Å². The quantitative estimate of drug-likeness (QED) is 0.263. The number of rotatable bonds is 5. The van der Waals surface area contributed by atoms with Gasteiger partial charge in [0.05, 0.1) is 26.1 Å². The van der Waals surface area contributed by atoms with E-state index in [-0.39, 0.29) is 17.8 Å². The van der Waals surface area contributed by atoms with E-state index in [1.807, 2.05) is 6.92 Å². The van der Waals surface area contributed by atoms with Crippen LogP contribution in [-0.4, -0.2) is 27.5 Å². The molecule has 0 unspecified atom stereocenters. The minimum atomic E-state index is -0.835. The molecule has 116 valence electrons. The number of aromatic nitrogens is 2. The van der Waals surface area contributed by atoms with Gasteiger partial charge in [-0.15, -0.1) is 0 Å². The lowest BCUT2D eigenvalue weighted by Crippen LogP contribution is -2.22. The lowest BCUT2D eigenvalue weighted by atomic mass is 10.2. The molecule has 0 radical (unpaired) electrons. The molecule has 2 rings (SSSR count). The van der Waals surface area contributed by atoms with Crippen LogP contribution in [-0.2, 0) is 4.74 Å². The largest absolute Gasteiger partial charge is 0.461 e. The second-order valence-electron chi connectivity index (χ2n) is 4.48. The Labute approximate surface area is 138 Å². The van der Waals surface area contributed by atoms with Crippen molar-refractivity contribution in [3.8, 4) is 0 Å². The highest BCUT2D eigenvalue weighted by Crippen LogP contribution is 2.24. The van der Waals surface area contributed by atoms with Crippen LogP contribution in [0.2, 0.25) is 0 Å². The van der Waals surface area contributed by atoms with E-state index in [1.165, 1.54) is 12.1 Å². The van der Waals surface area contributed by atoms with Gasteiger partial charge in [-0.1, -0.05) is 13.3 Å². The van der Waals surface area contributed by atoms with Crippen LogP contribution in [0.3, 0.4) is 0 Å². The smallest absolute Gasteiger partial charge is 0.362 e. The van der Waals surface area contributed by atoms with E-state index in [4.69, 9.17) is 4.74 Å². The van der Waals surface area contributed by atoms with Crippen LogP contribution in [0.25, 0.3) is 11.0 Å². The Hall–Kier alpha value is -2.04. The van der Waals surface area contributed by atoms with Crippen molar-refractivity contribution in [1.29, 1.82) is 0 Å². The van der Waals surface area contributed by atoms with Crippen LogP contribution in [0.4, 0.5) is 5.69 Å². The average Bonchev–Trinajstić information content (AvgIpc) is 2.45. The SMILES string of the molecule is CCCCOC(=O)c1nc2cc([N+](=O)[O-])c(I)cc2[nH]c1=O. The summed E-state index contributed by atoms with van der Waals surface area (Å²) in [5, 5.41) is 10.9. The van der Waals surface area contributed by atoms with Crippen molar-refractivity contribution in [3.05, 3.63) is 41.9 Å². The average molecular weight is 417 g/mol. The van der Waals surface area contributed by atoms with Gasteiger partial charge in [0.15, 0.2) is 0 Å². The maximum absolute atomic E-state index is 11.9. The highest BCUT2D eigenvalue weighted by atomic mass is 127. The molecule has 0 amide bonds. The predicted octanol–water partition coefficient (Wildman–Crippen LogP) is 2.39. The van der Waals surface area contributed by atoms with Crippen LogP contribution >= 0.6 is 22.6 Å². The minimum Gasteiger partial charge on any atom is -0.461 e. The van der Waals surface area contributed by atoms with Crippen molar-refractivity contribution in [3.63, 3.8) is 0 Å². The molecule has 1 aromatic heterocycles. The van der Waals surface area contributed by atoms with Crippen molar-refractivity contribution >= 4 is 45.3 Å². The molecule has 0 saturated carbocycles. The number of nitrogens with one attached hydrogen (secondary N) is 1. The molecule has 0 aliphatic heterocycles. The Morgan fingerprint density at radius 2 is 2.23 bits per heavy atom. The van der Waals surface area contributed by atoms with E-state index in [9.17, 15) is 19.7 Å². The Bertz CT molecular complexity index is 802. The van der Waals surface area contributed by atoms with E-state index in [1.54, 1.807) is 22.6 Å². The molecule has 0 aliphatic carbocycles. The molecule has 0 aliphatic rings. The standard InChI is InChI=1S/C13H12IN3O5/c1-2-3-4-22-13(19)11-12(18)16-8-5-7(14)10(17(20)21)6-9(8)15-11/h5-6H,2-4H2,1H3,(H,16,18). The number of carbonyl (C=O) groups is 1. The monoisotopic (exact) mass is 417 g/mol. The van der Waals surface area contributed by atoms with Crippen molar-refractivity contribution < 1.29 is 14.5 Å². The number of aromatic amines is 1. The minimum absolute atomic E-state index is 0.141. The molecule has 9 heteroatoms. The molecule has 1 N–H and O–H groups in total. The zero-order valence-corrected chi connectivity index (χ0v) is 13.7. The van der Waals surface area contributed by atoms with Gasteiger partial charge >= 0.3 is 5.97 Å². The number of carbonyl (C=O) groups excluding carboxylic acids is 1. The highest BCUT2D eigenvalue weighted by molar-refractivity contribution is 14.1. The molecule has 1 aromatic carbocycles. The Balaban J connectivity index is 2.46. The van der Waals surface area contributed by atoms with E-state index in [0.29, 0.717) is 15.5 Å². The Morgan fingerprint density at radius 3 is 2.86 bits per heavy atom. The summed E-state index contributed by atoms with van der Waals surface area (Å²) < 4.78 is 5.31. The Morgan fingerprint density at radius 1 is 1.50 bits per heavy atom.